The second-order valence-electron chi connectivity index (χ2n) is 5.89. The van der Waals surface area contributed by atoms with Crippen LogP contribution >= 0.6 is 0 Å². The molecule has 2 rings (SSSR count). The van der Waals surface area contributed by atoms with Crippen molar-refractivity contribution in [2.24, 2.45) is 0 Å². The normalized spacial score (nSPS) is 10.7. The summed E-state index contributed by atoms with van der Waals surface area (Å²) < 4.78 is 10.8. The summed E-state index contributed by atoms with van der Waals surface area (Å²) in [5, 5.41) is 2.87. The van der Waals surface area contributed by atoms with Gasteiger partial charge in [0.2, 0.25) is 5.91 Å². The number of amides is 1. The van der Waals surface area contributed by atoms with Gasteiger partial charge < -0.3 is 19.7 Å². The first-order valence-electron chi connectivity index (χ1n) is 9.26. The fourth-order valence-electron chi connectivity index (χ4n) is 2.76. The fraction of sp³-hybridized carbons (Fsp3) is 0.318. The van der Waals surface area contributed by atoms with Crippen molar-refractivity contribution in [3.05, 3.63) is 54.1 Å². The number of anilines is 2. The molecule has 0 aliphatic rings. The van der Waals surface area contributed by atoms with Gasteiger partial charge in [0.05, 0.1) is 13.7 Å². The van der Waals surface area contributed by atoms with Gasteiger partial charge in [0.1, 0.15) is 0 Å². The van der Waals surface area contributed by atoms with Crippen LogP contribution in [0.25, 0.3) is 6.08 Å². The van der Waals surface area contributed by atoms with Crippen molar-refractivity contribution in [2.75, 3.05) is 37.0 Å². The Kier molecular flexibility index (Phi) is 7.74. The molecule has 0 aliphatic carbocycles. The van der Waals surface area contributed by atoms with Crippen LogP contribution in [-0.2, 0) is 4.79 Å². The van der Waals surface area contributed by atoms with Crippen molar-refractivity contribution >= 4 is 23.4 Å². The molecule has 0 fully saturated rings. The molecule has 5 heteroatoms. The van der Waals surface area contributed by atoms with Crippen LogP contribution in [0.2, 0.25) is 0 Å². The van der Waals surface area contributed by atoms with Crippen LogP contribution in [0, 0.1) is 0 Å². The summed E-state index contributed by atoms with van der Waals surface area (Å²) in [6.45, 7) is 8.65. The number of carbonyl (C=O) groups excluding carboxylic acids is 1. The fourth-order valence-corrected chi connectivity index (χ4v) is 2.76. The Morgan fingerprint density at radius 3 is 2.33 bits per heavy atom. The van der Waals surface area contributed by atoms with E-state index in [0.717, 1.165) is 30.0 Å². The molecular formula is C22H28N2O3. The van der Waals surface area contributed by atoms with Crippen molar-refractivity contribution in [1.82, 2.24) is 0 Å². The van der Waals surface area contributed by atoms with Gasteiger partial charge in [-0.1, -0.05) is 6.07 Å². The molecule has 0 bridgehead atoms. The van der Waals surface area contributed by atoms with Crippen LogP contribution in [0.5, 0.6) is 11.5 Å². The zero-order valence-corrected chi connectivity index (χ0v) is 16.5. The summed E-state index contributed by atoms with van der Waals surface area (Å²) in [5.74, 6) is 1.15. The summed E-state index contributed by atoms with van der Waals surface area (Å²) in [7, 11) is 1.60. The molecule has 0 aliphatic heterocycles. The average Bonchev–Trinajstić information content (AvgIpc) is 2.69. The Labute approximate surface area is 161 Å². The minimum atomic E-state index is -0.182. The lowest BCUT2D eigenvalue weighted by Crippen LogP contribution is -2.21. The lowest BCUT2D eigenvalue weighted by molar-refractivity contribution is -0.111. The van der Waals surface area contributed by atoms with E-state index < -0.39 is 0 Å². The van der Waals surface area contributed by atoms with E-state index in [1.54, 1.807) is 13.2 Å². The van der Waals surface area contributed by atoms with Crippen LogP contribution in [0.3, 0.4) is 0 Å². The summed E-state index contributed by atoms with van der Waals surface area (Å²) in [4.78, 5) is 14.4. The molecule has 27 heavy (non-hydrogen) atoms. The largest absolute Gasteiger partial charge is 0.493 e. The van der Waals surface area contributed by atoms with Gasteiger partial charge in [0, 0.05) is 30.5 Å². The van der Waals surface area contributed by atoms with Crippen molar-refractivity contribution in [3.63, 3.8) is 0 Å². The van der Waals surface area contributed by atoms with Crippen LogP contribution in [0.1, 0.15) is 26.3 Å². The molecule has 144 valence electrons. The molecule has 0 radical (unpaired) electrons. The Hall–Kier alpha value is -2.95. The molecule has 0 unspecified atom stereocenters. The molecule has 0 saturated carbocycles. The lowest BCUT2D eigenvalue weighted by atomic mass is 10.2. The molecule has 5 nitrogen and oxygen atoms in total. The highest BCUT2D eigenvalue weighted by Crippen LogP contribution is 2.28. The number of benzene rings is 2. The molecule has 0 atom stereocenters. The first-order chi connectivity index (χ1) is 13.1. The smallest absolute Gasteiger partial charge is 0.248 e. The zero-order chi connectivity index (χ0) is 19.6. The van der Waals surface area contributed by atoms with E-state index in [1.165, 1.54) is 6.08 Å². The van der Waals surface area contributed by atoms with Gasteiger partial charge >= 0.3 is 0 Å². The van der Waals surface area contributed by atoms with E-state index in [4.69, 9.17) is 9.47 Å². The lowest BCUT2D eigenvalue weighted by Gasteiger charge is -2.21. The molecule has 0 saturated heterocycles. The quantitative estimate of drug-likeness (QED) is 0.658. The van der Waals surface area contributed by atoms with E-state index in [0.29, 0.717) is 18.1 Å². The Balaban J connectivity index is 2.00. The maximum atomic E-state index is 12.2. The number of methoxy groups -OCH3 is 1. The number of carbonyl (C=O) groups is 1. The molecule has 1 N–H and O–H groups in total. The minimum Gasteiger partial charge on any atom is -0.493 e. The van der Waals surface area contributed by atoms with Crippen LogP contribution in [-0.4, -0.2) is 32.7 Å². The highest BCUT2D eigenvalue weighted by atomic mass is 16.5. The van der Waals surface area contributed by atoms with Crippen LogP contribution in [0.4, 0.5) is 11.4 Å². The van der Waals surface area contributed by atoms with Crippen molar-refractivity contribution < 1.29 is 14.3 Å². The second kappa shape index (κ2) is 10.3. The van der Waals surface area contributed by atoms with E-state index in [1.807, 2.05) is 49.4 Å². The zero-order valence-electron chi connectivity index (χ0n) is 16.5. The Morgan fingerprint density at radius 1 is 1.04 bits per heavy atom. The average molecular weight is 368 g/mol. The van der Waals surface area contributed by atoms with E-state index >= 15 is 0 Å². The number of hydrogen-bond donors (Lipinski definition) is 1. The molecule has 0 spiro atoms. The third-order valence-corrected chi connectivity index (χ3v) is 4.18. The summed E-state index contributed by atoms with van der Waals surface area (Å²) in [6, 6.07) is 13.4. The second-order valence-corrected chi connectivity index (χ2v) is 5.89. The van der Waals surface area contributed by atoms with E-state index in [2.05, 4.69) is 24.1 Å². The van der Waals surface area contributed by atoms with Crippen LogP contribution < -0.4 is 19.7 Å². The first kappa shape index (κ1) is 20.4. The minimum absolute atomic E-state index is 0.182. The SMILES string of the molecule is CCOc1ccc(C=CC(=O)Nc2ccc(N(CC)CC)cc2)cc1OC. The number of rotatable bonds is 9. The third kappa shape index (κ3) is 5.78. The van der Waals surface area contributed by atoms with Crippen molar-refractivity contribution in [2.45, 2.75) is 20.8 Å². The number of nitrogens with zero attached hydrogens (tertiary/aromatic N) is 1. The van der Waals surface area contributed by atoms with E-state index in [9.17, 15) is 4.79 Å². The Bertz CT molecular complexity index is 766. The summed E-state index contributed by atoms with van der Waals surface area (Å²) in [5.41, 5.74) is 2.78. The van der Waals surface area contributed by atoms with Gasteiger partial charge in [-0.15, -0.1) is 0 Å². The topological polar surface area (TPSA) is 50.8 Å². The number of hydrogen-bond acceptors (Lipinski definition) is 4. The maximum absolute atomic E-state index is 12.2. The Morgan fingerprint density at radius 2 is 1.74 bits per heavy atom. The predicted octanol–water partition coefficient (Wildman–Crippen LogP) is 4.59. The molecular weight excluding hydrogens is 340 g/mol. The number of ether oxygens (including phenoxy) is 2. The number of nitrogens with one attached hydrogen (secondary N) is 1. The molecule has 0 aromatic heterocycles. The standard InChI is InChI=1S/C22H28N2O3/c1-5-24(6-2)19-12-10-18(11-13-19)23-22(25)15-9-17-8-14-20(27-7-3)21(16-17)26-4/h8-16H,5-7H2,1-4H3,(H,23,25). The van der Waals surface area contributed by atoms with Crippen LogP contribution in [0.15, 0.2) is 48.5 Å². The maximum Gasteiger partial charge on any atom is 0.248 e. The van der Waals surface area contributed by atoms with E-state index in [-0.39, 0.29) is 5.91 Å². The van der Waals surface area contributed by atoms with Gasteiger partial charge in [0.25, 0.3) is 0 Å². The molecule has 2 aromatic carbocycles. The van der Waals surface area contributed by atoms with Crippen molar-refractivity contribution in [3.8, 4) is 11.5 Å². The van der Waals surface area contributed by atoms with Gasteiger partial charge in [-0.25, -0.2) is 0 Å². The van der Waals surface area contributed by atoms with Gasteiger partial charge in [-0.2, -0.15) is 0 Å². The molecule has 1 amide bonds. The van der Waals surface area contributed by atoms with Gasteiger partial charge in [-0.05, 0) is 68.8 Å². The van der Waals surface area contributed by atoms with Gasteiger partial charge in [-0.3, -0.25) is 4.79 Å². The highest BCUT2D eigenvalue weighted by Gasteiger charge is 2.05. The highest BCUT2D eigenvalue weighted by molar-refractivity contribution is 6.02. The molecule has 0 heterocycles. The van der Waals surface area contributed by atoms with Crippen molar-refractivity contribution in [1.29, 1.82) is 0 Å². The predicted molar refractivity (Wildman–Crippen MR) is 112 cm³/mol. The molecule has 2 aromatic rings. The third-order valence-electron chi connectivity index (χ3n) is 4.18. The first-order valence-corrected chi connectivity index (χ1v) is 9.26. The monoisotopic (exact) mass is 368 g/mol. The summed E-state index contributed by atoms with van der Waals surface area (Å²) >= 11 is 0. The summed E-state index contributed by atoms with van der Waals surface area (Å²) in [6.07, 6.45) is 3.26. The van der Waals surface area contributed by atoms with Gasteiger partial charge in [0.15, 0.2) is 11.5 Å².